The third kappa shape index (κ3) is 9.54. The van der Waals surface area contributed by atoms with E-state index in [1.165, 1.54) is 49.8 Å². The number of ether oxygens (including phenoxy) is 1. The van der Waals surface area contributed by atoms with Crippen molar-refractivity contribution in [1.82, 2.24) is 25.0 Å². The Morgan fingerprint density at radius 2 is 1.88 bits per heavy atom. The van der Waals surface area contributed by atoms with Gasteiger partial charge in [-0.1, -0.05) is 26.8 Å². The topological polar surface area (TPSA) is 145 Å². The second kappa shape index (κ2) is 15.2. The minimum absolute atomic E-state index is 0.0788. The molecule has 1 saturated heterocycles. The molecule has 1 aromatic carbocycles. The molecule has 1 aliphatic heterocycles. The quantitative estimate of drug-likeness (QED) is 0.101. The fraction of sp³-hybridized carbons (Fsp3) is 0.361. The molecule has 0 atom stereocenters. The van der Waals surface area contributed by atoms with Gasteiger partial charge in [-0.2, -0.15) is 5.10 Å². The van der Waals surface area contributed by atoms with E-state index in [0.717, 1.165) is 10.9 Å². The minimum Gasteiger partial charge on any atom is -0.485 e. The number of anilines is 2. The van der Waals surface area contributed by atoms with Crippen LogP contribution in [0.1, 0.15) is 57.0 Å². The number of alkyl halides is 2. The van der Waals surface area contributed by atoms with Crippen LogP contribution in [-0.2, 0) is 17.3 Å². The van der Waals surface area contributed by atoms with Crippen LogP contribution in [0.2, 0.25) is 0 Å². The molecule has 2 aromatic heterocycles. The monoisotopic (exact) mass is 693 g/mol. The number of amides is 1. The van der Waals surface area contributed by atoms with Crippen LogP contribution in [0.5, 0.6) is 5.75 Å². The summed E-state index contributed by atoms with van der Waals surface area (Å²) in [7, 11) is 1.44. The first-order valence-electron chi connectivity index (χ1n) is 15.8. The van der Waals surface area contributed by atoms with Crippen molar-refractivity contribution in [3.63, 3.8) is 0 Å². The summed E-state index contributed by atoms with van der Waals surface area (Å²) in [6, 6.07) is 7.87. The van der Waals surface area contributed by atoms with Gasteiger partial charge in [0.1, 0.15) is 28.7 Å². The van der Waals surface area contributed by atoms with E-state index in [-0.39, 0.29) is 46.6 Å². The van der Waals surface area contributed by atoms with Crippen LogP contribution >= 0.6 is 0 Å². The maximum atomic E-state index is 15.7. The maximum absolute atomic E-state index is 15.7. The minimum atomic E-state index is -2.67. The Kier molecular flexibility index (Phi) is 11.5. The number of benzene rings is 1. The first kappa shape index (κ1) is 37.7. The van der Waals surface area contributed by atoms with Crippen molar-refractivity contribution < 1.29 is 27.8 Å². The lowest BCUT2D eigenvalue weighted by atomic mass is 9.84. The molecule has 266 valence electrons. The Hall–Kier alpha value is -5.08. The molecule has 3 heterocycles. The number of pyridine rings is 1. The predicted molar refractivity (Wildman–Crippen MR) is 188 cm³/mol. The first-order chi connectivity index (χ1) is 23.4. The summed E-state index contributed by atoms with van der Waals surface area (Å²) in [5, 5.41) is 28.0. The van der Waals surface area contributed by atoms with Crippen LogP contribution < -0.4 is 20.9 Å². The molecule has 50 heavy (non-hydrogen) atoms. The number of rotatable bonds is 14. The normalized spacial score (nSPS) is 15.5. The molecule has 0 aliphatic carbocycles. The number of carbonyl (C=O) groups is 1. The second-order valence-corrected chi connectivity index (χ2v) is 13.6. The molecule has 4 N–H and O–H groups in total. The van der Waals surface area contributed by atoms with Crippen LogP contribution in [-0.4, -0.2) is 75.2 Å². The number of carbonyl (C=O) groups excluding carboxylic acids is 1. The fourth-order valence-electron chi connectivity index (χ4n) is 5.45. The van der Waals surface area contributed by atoms with Gasteiger partial charge in [0.2, 0.25) is 6.41 Å². The molecule has 4 rings (SSSR count). The molecule has 11 nitrogen and oxygen atoms in total. The zero-order valence-electron chi connectivity index (χ0n) is 28.9. The van der Waals surface area contributed by atoms with Gasteiger partial charge in [-0.25, -0.2) is 22.8 Å². The average Bonchev–Trinajstić information content (AvgIpc) is 3.01. The van der Waals surface area contributed by atoms with Crippen LogP contribution in [0.25, 0.3) is 17.7 Å². The van der Waals surface area contributed by atoms with Gasteiger partial charge in [0.15, 0.2) is 0 Å². The van der Waals surface area contributed by atoms with Crippen molar-refractivity contribution in [1.29, 1.82) is 5.41 Å². The SMILES string of the molecule is Cn1nc(C(=C/C=N)/C(=C/c2c(F)cc(C(C)(C)C)cc2/C=C\NC=O)CO)cc(Nc2ccc(OC(C)(C)CN3CC(F)(F)C3)cn2)c1=O. The first-order valence-corrected chi connectivity index (χ1v) is 15.8. The smallest absolute Gasteiger partial charge is 0.290 e. The van der Waals surface area contributed by atoms with Crippen LogP contribution in [0.3, 0.4) is 0 Å². The summed E-state index contributed by atoms with van der Waals surface area (Å²) < 4.78 is 49.3. The van der Waals surface area contributed by atoms with Gasteiger partial charge in [-0.15, -0.1) is 0 Å². The van der Waals surface area contributed by atoms with E-state index >= 15 is 4.39 Å². The number of aryl methyl sites for hydroxylation is 1. The maximum Gasteiger partial charge on any atom is 0.290 e. The van der Waals surface area contributed by atoms with E-state index in [9.17, 15) is 23.5 Å². The molecule has 1 amide bonds. The lowest BCUT2D eigenvalue weighted by Gasteiger charge is -2.42. The lowest BCUT2D eigenvalue weighted by molar-refractivity contribution is -0.144. The van der Waals surface area contributed by atoms with Gasteiger partial charge in [0, 0.05) is 37.1 Å². The standard InChI is InChI=1S/C36H42F3N7O4/c1-34(2,3)25-13-23(10-12-41-22-48)28(29(37)15-25)14-24(18-47)27(9-11-40)30-16-31(33(49)45(6)44-30)43-32-8-7-26(17-42-32)50-35(4,5)19-46-20-36(38,39)21-46/h7-17,22,40,47H,18-21H2,1-6H3,(H,41,48)(H,42,43)/b12-10-,24-14+,27-9+,40-11?. The third-order valence-corrected chi connectivity index (χ3v) is 7.79. The van der Waals surface area contributed by atoms with E-state index < -0.39 is 29.5 Å². The molecule has 1 aliphatic rings. The Morgan fingerprint density at radius 1 is 1.16 bits per heavy atom. The number of halogens is 3. The Morgan fingerprint density at radius 3 is 2.46 bits per heavy atom. The van der Waals surface area contributed by atoms with Crippen LogP contribution in [0, 0.1) is 11.2 Å². The molecule has 1 fully saturated rings. The van der Waals surface area contributed by atoms with E-state index in [2.05, 4.69) is 20.7 Å². The van der Waals surface area contributed by atoms with Crippen molar-refractivity contribution in [2.45, 2.75) is 51.6 Å². The zero-order valence-corrected chi connectivity index (χ0v) is 28.9. The number of hydrogen-bond acceptors (Lipinski definition) is 9. The molecular weight excluding hydrogens is 651 g/mol. The molecular formula is C36H42F3N7O4. The van der Waals surface area contributed by atoms with Crippen molar-refractivity contribution in [2.24, 2.45) is 7.05 Å². The number of likely N-dealkylation sites (tertiary alicyclic amines) is 1. The number of hydrogen-bond donors (Lipinski definition) is 4. The van der Waals surface area contributed by atoms with Crippen LogP contribution in [0.15, 0.2) is 59.2 Å². The molecule has 0 saturated carbocycles. The van der Waals surface area contributed by atoms with Gasteiger partial charge in [0.25, 0.3) is 11.5 Å². The van der Waals surface area contributed by atoms with Crippen LogP contribution in [0.4, 0.5) is 24.7 Å². The van der Waals surface area contributed by atoms with Crippen molar-refractivity contribution in [3.8, 4) is 5.75 Å². The number of aliphatic hydroxyl groups is 1. The molecule has 0 bridgehead atoms. The van der Waals surface area contributed by atoms with Gasteiger partial charge in [0.05, 0.1) is 31.6 Å². The molecule has 14 heteroatoms. The number of aliphatic hydroxyl groups excluding tert-OH is 1. The van der Waals surface area contributed by atoms with E-state index in [4.69, 9.17) is 10.1 Å². The molecule has 0 spiro atoms. The second-order valence-electron chi connectivity index (χ2n) is 13.6. The summed E-state index contributed by atoms with van der Waals surface area (Å²) in [5.41, 5.74) is 0.364. The zero-order chi connectivity index (χ0) is 36.9. The van der Waals surface area contributed by atoms with Crippen molar-refractivity contribution in [3.05, 3.63) is 92.9 Å². The summed E-state index contributed by atoms with van der Waals surface area (Å²) in [5.74, 6) is -2.54. The van der Waals surface area contributed by atoms with Crippen molar-refractivity contribution in [2.75, 3.05) is 31.6 Å². The molecule has 0 unspecified atom stereocenters. The summed E-state index contributed by atoms with van der Waals surface area (Å²) in [6.07, 6.45) is 8.64. The average molecular weight is 694 g/mol. The molecule has 3 aromatic rings. The molecule has 0 radical (unpaired) electrons. The Balaban J connectivity index is 1.65. The number of aromatic nitrogens is 3. The van der Waals surface area contributed by atoms with E-state index in [1.807, 2.05) is 20.8 Å². The summed E-state index contributed by atoms with van der Waals surface area (Å²) >= 11 is 0. The largest absolute Gasteiger partial charge is 0.485 e. The van der Waals surface area contributed by atoms with E-state index in [1.54, 1.807) is 36.9 Å². The number of nitrogens with zero attached hydrogens (tertiary/aromatic N) is 4. The highest BCUT2D eigenvalue weighted by molar-refractivity contribution is 5.93. The van der Waals surface area contributed by atoms with E-state index in [0.29, 0.717) is 35.6 Å². The van der Waals surface area contributed by atoms with Gasteiger partial charge in [-0.05, 0) is 78.5 Å². The highest BCUT2D eigenvalue weighted by atomic mass is 19.3. The fourth-order valence-corrected chi connectivity index (χ4v) is 5.45. The third-order valence-electron chi connectivity index (χ3n) is 7.79. The number of allylic oxidation sites excluding steroid dienone is 1. The van der Waals surface area contributed by atoms with Gasteiger partial charge < -0.3 is 25.9 Å². The van der Waals surface area contributed by atoms with Crippen molar-refractivity contribution >= 4 is 41.9 Å². The summed E-state index contributed by atoms with van der Waals surface area (Å²) in [6.45, 7) is 8.53. The van der Waals surface area contributed by atoms with Gasteiger partial charge >= 0.3 is 0 Å². The predicted octanol–water partition coefficient (Wildman–Crippen LogP) is 5.29. The lowest BCUT2D eigenvalue weighted by Crippen LogP contribution is -2.60. The number of nitrogens with one attached hydrogen (secondary N) is 3. The highest BCUT2D eigenvalue weighted by Gasteiger charge is 2.45. The Labute approximate surface area is 288 Å². The summed E-state index contributed by atoms with van der Waals surface area (Å²) in [4.78, 5) is 29.9. The highest BCUT2D eigenvalue weighted by Crippen LogP contribution is 2.32. The van der Waals surface area contributed by atoms with Gasteiger partial charge in [-0.3, -0.25) is 14.5 Å². The Bertz CT molecular complexity index is 1870.